The molecule has 0 bridgehead atoms. The molecule has 2 rings (SSSR count). The van der Waals surface area contributed by atoms with Crippen molar-refractivity contribution in [3.8, 4) is 6.07 Å². The first-order valence-electron chi connectivity index (χ1n) is 4.26. The molecule has 0 aliphatic carbocycles. The van der Waals surface area contributed by atoms with Crippen LogP contribution in [0.4, 0.5) is 0 Å². The van der Waals surface area contributed by atoms with E-state index in [4.69, 9.17) is 5.26 Å². The van der Waals surface area contributed by atoms with Crippen molar-refractivity contribution >= 4 is 21.4 Å². The molecule has 0 N–H and O–H groups in total. The SMILES string of the molecule is CCc1ccc(C#N)c2sccc12. The van der Waals surface area contributed by atoms with Crippen LogP contribution in [-0.4, -0.2) is 0 Å². The van der Waals surface area contributed by atoms with Gasteiger partial charge in [0, 0.05) is 0 Å². The highest BCUT2D eigenvalue weighted by molar-refractivity contribution is 7.17. The van der Waals surface area contributed by atoms with Gasteiger partial charge >= 0.3 is 0 Å². The summed E-state index contributed by atoms with van der Waals surface area (Å²) in [6.07, 6.45) is 1.03. The van der Waals surface area contributed by atoms with Gasteiger partial charge in [-0.15, -0.1) is 11.3 Å². The van der Waals surface area contributed by atoms with E-state index in [9.17, 15) is 0 Å². The van der Waals surface area contributed by atoms with Gasteiger partial charge in [-0.3, -0.25) is 0 Å². The first-order chi connectivity index (χ1) is 6.36. The number of benzene rings is 1. The Hall–Kier alpha value is -1.33. The summed E-state index contributed by atoms with van der Waals surface area (Å²) >= 11 is 1.65. The predicted octanol–water partition coefficient (Wildman–Crippen LogP) is 3.34. The van der Waals surface area contributed by atoms with Gasteiger partial charge in [0.1, 0.15) is 6.07 Å². The molecule has 2 aromatic rings. The molecule has 0 saturated heterocycles. The van der Waals surface area contributed by atoms with E-state index in [1.807, 2.05) is 17.5 Å². The van der Waals surface area contributed by atoms with E-state index < -0.39 is 0 Å². The zero-order valence-electron chi connectivity index (χ0n) is 7.37. The van der Waals surface area contributed by atoms with Crippen molar-refractivity contribution in [1.29, 1.82) is 5.26 Å². The van der Waals surface area contributed by atoms with Crippen LogP contribution in [0.15, 0.2) is 23.6 Å². The first-order valence-corrected chi connectivity index (χ1v) is 5.14. The molecule has 0 amide bonds. The third kappa shape index (κ3) is 1.22. The maximum Gasteiger partial charge on any atom is 0.101 e. The lowest BCUT2D eigenvalue weighted by molar-refractivity contribution is 1.16. The van der Waals surface area contributed by atoms with Crippen molar-refractivity contribution in [1.82, 2.24) is 0 Å². The highest BCUT2D eigenvalue weighted by Crippen LogP contribution is 2.27. The fourth-order valence-electron chi connectivity index (χ4n) is 1.52. The monoisotopic (exact) mass is 187 g/mol. The molecule has 1 aromatic heterocycles. The number of hydrogen-bond acceptors (Lipinski definition) is 2. The smallest absolute Gasteiger partial charge is 0.101 e. The molecule has 64 valence electrons. The minimum absolute atomic E-state index is 0.794. The van der Waals surface area contributed by atoms with Gasteiger partial charge in [0.25, 0.3) is 0 Å². The lowest BCUT2D eigenvalue weighted by atomic mass is 10.1. The fraction of sp³-hybridized carbons (Fsp3) is 0.182. The van der Waals surface area contributed by atoms with Crippen molar-refractivity contribution in [3.63, 3.8) is 0 Å². The Kier molecular flexibility index (Phi) is 2.03. The normalized spacial score (nSPS) is 10.2. The van der Waals surface area contributed by atoms with Gasteiger partial charge in [0.2, 0.25) is 0 Å². The summed E-state index contributed by atoms with van der Waals surface area (Å²) in [6, 6.07) is 8.28. The molecule has 13 heavy (non-hydrogen) atoms. The Bertz CT molecular complexity index is 476. The van der Waals surface area contributed by atoms with Crippen molar-refractivity contribution in [2.45, 2.75) is 13.3 Å². The molecule has 1 heterocycles. The highest BCUT2D eigenvalue weighted by Gasteiger charge is 2.04. The third-order valence-electron chi connectivity index (χ3n) is 2.21. The number of aryl methyl sites for hydroxylation is 1. The van der Waals surface area contributed by atoms with E-state index in [0.717, 1.165) is 16.7 Å². The van der Waals surface area contributed by atoms with Gasteiger partial charge in [0.15, 0.2) is 0 Å². The Balaban J connectivity index is 2.83. The summed E-state index contributed by atoms with van der Waals surface area (Å²) in [7, 11) is 0. The number of rotatable bonds is 1. The molecular formula is C11H9NS. The van der Waals surface area contributed by atoms with Crippen LogP contribution < -0.4 is 0 Å². The molecule has 0 saturated carbocycles. The van der Waals surface area contributed by atoms with Crippen LogP contribution in [0.3, 0.4) is 0 Å². The Labute approximate surface area is 81.2 Å². The number of nitrogens with zero attached hydrogens (tertiary/aromatic N) is 1. The van der Waals surface area contributed by atoms with Crippen LogP contribution in [-0.2, 0) is 6.42 Å². The molecule has 0 aliphatic heterocycles. The van der Waals surface area contributed by atoms with Crippen LogP contribution in [0, 0.1) is 11.3 Å². The number of hydrogen-bond donors (Lipinski definition) is 0. The summed E-state index contributed by atoms with van der Waals surface area (Å²) in [4.78, 5) is 0. The zero-order chi connectivity index (χ0) is 9.26. The molecule has 2 heteroatoms. The van der Waals surface area contributed by atoms with E-state index in [-0.39, 0.29) is 0 Å². The maximum absolute atomic E-state index is 8.87. The second kappa shape index (κ2) is 3.20. The minimum Gasteiger partial charge on any atom is -0.192 e. The van der Waals surface area contributed by atoms with Crippen molar-refractivity contribution in [3.05, 3.63) is 34.7 Å². The quantitative estimate of drug-likeness (QED) is 0.671. The van der Waals surface area contributed by atoms with Gasteiger partial charge in [-0.25, -0.2) is 0 Å². The predicted molar refractivity (Wildman–Crippen MR) is 55.9 cm³/mol. The summed E-state index contributed by atoms with van der Waals surface area (Å²) in [5.41, 5.74) is 2.12. The molecule has 0 unspecified atom stereocenters. The molecular weight excluding hydrogens is 178 g/mol. The van der Waals surface area contributed by atoms with Crippen molar-refractivity contribution < 1.29 is 0 Å². The summed E-state index contributed by atoms with van der Waals surface area (Å²) < 4.78 is 1.13. The molecule has 1 nitrogen and oxygen atoms in total. The Morgan fingerprint density at radius 3 is 2.92 bits per heavy atom. The van der Waals surface area contributed by atoms with Gasteiger partial charge < -0.3 is 0 Å². The fourth-order valence-corrected chi connectivity index (χ4v) is 2.42. The molecule has 0 spiro atoms. The average Bonchev–Trinajstić information content (AvgIpc) is 2.64. The molecule has 1 aromatic carbocycles. The molecule has 0 radical (unpaired) electrons. The van der Waals surface area contributed by atoms with Gasteiger partial charge in [-0.1, -0.05) is 13.0 Å². The van der Waals surface area contributed by atoms with E-state index in [0.29, 0.717) is 0 Å². The van der Waals surface area contributed by atoms with E-state index in [1.54, 1.807) is 11.3 Å². The average molecular weight is 187 g/mol. The van der Waals surface area contributed by atoms with E-state index >= 15 is 0 Å². The third-order valence-corrected chi connectivity index (χ3v) is 3.16. The van der Waals surface area contributed by atoms with E-state index in [2.05, 4.69) is 19.1 Å². The second-order valence-electron chi connectivity index (χ2n) is 2.90. The second-order valence-corrected chi connectivity index (χ2v) is 3.82. The summed E-state index contributed by atoms with van der Waals surface area (Å²) in [5.74, 6) is 0. The number of thiophene rings is 1. The summed E-state index contributed by atoms with van der Waals surface area (Å²) in [6.45, 7) is 2.14. The van der Waals surface area contributed by atoms with E-state index in [1.165, 1.54) is 10.9 Å². The highest BCUT2D eigenvalue weighted by atomic mass is 32.1. The van der Waals surface area contributed by atoms with Crippen LogP contribution in [0.1, 0.15) is 18.1 Å². The standard InChI is InChI=1S/C11H9NS/c1-2-8-3-4-9(7-12)11-10(8)5-6-13-11/h3-6H,2H2,1H3. The van der Waals surface area contributed by atoms with Crippen LogP contribution in [0.2, 0.25) is 0 Å². The minimum atomic E-state index is 0.794. The molecule has 0 atom stereocenters. The lowest BCUT2D eigenvalue weighted by Gasteiger charge is -1.99. The van der Waals surface area contributed by atoms with Crippen molar-refractivity contribution in [2.75, 3.05) is 0 Å². The number of fused-ring (bicyclic) bond motifs is 1. The van der Waals surface area contributed by atoms with Gasteiger partial charge in [0.05, 0.1) is 10.3 Å². The van der Waals surface area contributed by atoms with Crippen molar-refractivity contribution in [2.24, 2.45) is 0 Å². The Morgan fingerprint density at radius 2 is 2.23 bits per heavy atom. The summed E-state index contributed by atoms with van der Waals surface area (Å²) in [5, 5.41) is 12.2. The zero-order valence-corrected chi connectivity index (χ0v) is 8.19. The first kappa shape index (κ1) is 8.28. The molecule has 0 aliphatic rings. The Morgan fingerprint density at radius 1 is 1.38 bits per heavy atom. The number of nitriles is 1. The lowest BCUT2D eigenvalue weighted by Crippen LogP contribution is -1.82. The van der Waals surface area contributed by atoms with Gasteiger partial charge in [-0.2, -0.15) is 5.26 Å². The largest absolute Gasteiger partial charge is 0.192 e. The maximum atomic E-state index is 8.87. The topological polar surface area (TPSA) is 23.8 Å². The van der Waals surface area contributed by atoms with Gasteiger partial charge in [-0.05, 0) is 34.9 Å². The molecule has 0 fully saturated rings. The van der Waals surface area contributed by atoms with Crippen LogP contribution >= 0.6 is 11.3 Å². The van der Waals surface area contributed by atoms with Crippen LogP contribution in [0.5, 0.6) is 0 Å². The van der Waals surface area contributed by atoms with Crippen LogP contribution in [0.25, 0.3) is 10.1 Å².